The van der Waals surface area contributed by atoms with Gasteiger partial charge in [0.25, 0.3) is 0 Å². The Labute approximate surface area is 110 Å². The molecule has 98 valence electrons. The second-order valence-electron chi connectivity index (χ2n) is 3.96. The van der Waals surface area contributed by atoms with Gasteiger partial charge in [-0.2, -0.15) is 0 Å². The minimum Gasteiger partial charge on any atom is -0.487 e. The van der Waals surface area contributed by atoms with Crippen molar-refractivity contribution >= 4 is 12.1 Å². The minimum absolute atomic E-state index is 0.0459. The van der Waals surface area contributed by atoms with E-state index in [9.17, 15) is 9.59 Å². The molecule has 19 heavy (non-hydrogen) atoms. The molecule has 0 N–H and O–H groups in total. The molecule has 0 atom stereocenters. The number of ether oxygens (including phenoxy) is 2. The fourth-order valence-corrected chi connectivity index (χ4v) is 1.65. The van der Waals surface area contributed by atoms with Crippen LogP contribution >= 0.6 is 0 Å². The van der Waals surface area contributed by atoms with E-state index in [4.69, 9.17) is 9.47 Å². The molecule has 0 amide bonds. The number of nitrogens with zero attached hydrogens (tertiary/aromatic N) is 1. The van der Waals surface area contributed by atoms with Crippen LogP contribution in [0.2, 0.25) is 0 Å². The number of rotatable bonds is 5. The molecule has 0 spiro atoms. The minimum atomic E-state index is 0.0459. The summed E-state index contributed by atoms with van der Waals surface area (Å²) in [7, 11) is 1.47. The van der Waals surface area contributed by atoms with Crippen LogP contribution in [0.15, 0.2) is 36.1 Å². The van der Waals surface area contributed by atoms with Crippen molar-refractivity contribution in [3.05, 3.63) is 41.6 Å². The van der Waals surface area contributed by atoms with Crippen LogP contribution in [0, 0.1) is 0 Å². The summed E-state index contributed by atoms with van der Waals surface area (Å²) in [5.74, 6) is 0.758. The maximum Gasteiger partial charge on any atom is 0.213 e. The van der Waals surface area contributed by atoms with Gasteiger partial charge in [-0.25, -0.2) is 4.98 Å². The summed E-state index contributed by atoms with van der Waals surface area (Å²) in [6.07, 6.45) is 7.69. The first kappa shape index (κ1) is 13.0. The standard InChI is InChI=1S/C14H13NO4/c1-18-14-6-11(8-16)13(7-15-14)19-9-10-3-2-4-12(17)5-10/h2-3,5-8H,4,9H2,1H3. The Morgan fingerprint density at radius 3 is 3.00 bits per heavy atom. The van der Waals surface area contributed by atoms with Crippen LogP contribution in [-0.4, -0.2) is 30.8 Å². The quantitative estimate of drug-likeness (QED) is 0.753. The molecule has 0 aliphatic heterocycles. The highest BCUT2D eigenvalue weighted by molar-refractivity contribution is 5.93. The Morgan fingerprint density at radius 2 is 2.32 bits per heavy atom. The van der Waals surface area contributed by atoms with Gasteiger partial charge in [-0.3, -0.25) is 9.59 Å². The SMILES string of the molecule is COc1cc(C=O)c(OCC2=CC(=O)CC=C2)cn1. The van der Waals surface area contributed by atoms with E-state index in [0.717, 1.165) is 5.57 Å². The summed E-state index contributed by atoms with van der Waals surface area (Å²) in [6, 6.07) is 1.50. The first-order chi connectivity index (χ1) is 9.22. The molecule has 0 unspecified atom stereocenters. The first-order valence-corrected chi connectivity index (χ1v) is 5.75. The van der Waals surface area contributed by atoms with Gasteiger partial charge in [0.1, 0.15) is 12.4 Å². The van der Waals surface area contributed by atoms with Crippen molar-refractivity contribution in [3.8, 4) is 11.6 Å². The van der Waals surface area contributed by atoms with Gasteiger partial charge in [0.2, 0.25) is 5.88 Å². The van der Waals surface area contributed by atoms with Crippen molar-refractivity contribution in [1.82, 2.24) is 4.98 Å². The lowest BCUT2D eigenvalue weighted by Crippen LogP contribution is -2.07. The van der Waals surface area contributed by atoms with Gasteiger partial charge >= 0.3 is 0 Å². The predicted octanol–water partition coefficient (Wildman–Crippen LogP) is 1.74. The van der Waals surface area contributed by atoms with E-state index in [1.54, 1.807) is 6.08 Å². The number of carbonyl (C=O) groups excluding carboxylic acids is 2. The molecule has 0 fully saturated rings. The molecule has 0 aromatic carbocycles. The van der Waals surface area contributed by atoms with Crippen molar-refractivity contribution in [2.24, 2.45) is 0 Å². The Morgan fingerprint density at radius 1 is 1.47 bits per heavy atom. The summed E-state index contributed by atoms with van der Waals surface area (Å²) in [6.45, 7) is 0.219. The topological polar surface area (TPSA) is 65.5 Å². The van der Waals surface area contributed by atoms with Gasteiger partial charge < -0.3 is 9.47 Å². The van der Waals surface area contributed by atoms with E-state index in [1.807, 2.05) is 6.08 Å². The summed E-state index contributed by atoms with van der Waals surface area (Å²) < 4.78 is 10.4. The average Bonchev–Trinajstić information content (AvgIpc) is 2.45. The van der Waals surface area contributed by atoms with Gasteiger partial charge in [0.15, 0.2) is 12.1 Å². The monoisotopic (exact) mass is 259 g/mol. The second-order valence-corrected chi connectivity index (χ2v) is 3.96. The van der Waals surface area contributed by atoms with Crippen LogP contribution in [0.3, 0.4) is 0 Å². The number of hydrogen-bond acceptors (Lipinski definition) is 5. The number of aldehydes is 1. The molecule has 2 rings (SSSR count). The highest BCUT2D eigenvalue weighted by atomic mass is 16.5. The van der Waals surface area contributed by atoms with E-state index in [2.05, 4.69) is 4.98 Å². The summed E-state index contributed by atoms with van der Waals surface area (Å²) in [5.41, 5.74) is 1.13. The van der Waals surface area contributed by atoms with E-state index in [0.29, 0.717) is 29.9 Å². The third-order valence-corrected chi connectivity index (χ3v) is 2.60. The lowest BCUT2D eigenvalue weighted by molar-refractivity contribution is -0.114. The Balaban J connectivity index is 2.09. The number of carbonyl (C=O) groups is 2. The van der Waals surface area contributed by atoms with Gasteiger partial charge in [-0.05, 0) is 11.6 Å². The molecule has 5 heteroatoms. The van der Waals surface area contributed by atoms with Crippen molar-refractivity contribution < 1.29 is 19.1 Å². The van der Waals surface area contributed by atoms with Crippen LogP contribution in [0.5, 0.6) is 11.6 Å². The molecule has 0 saturated heterocycles. The van der Waals surface area contributed by atoms with Crippen molar-refractivity contribution in [2.75, 3.05) is 13.7 Å². The third-order valence-electron chi connectivity index (χ3n) is 2.60. The first-order valence-electron chi connectivity index (χ1n) is 5.75. The predicted molar refractivity (Wildman–Crippen MR) is 68.5 cm³/mol. The molecule has 1 aromatic heterocycles. The number of methoxy groups -OCH3 is 1. The highest BCUT2D eigenvalue weighted by Gasteiger charge is 2.09. The Hall–Kier alpha value is -2.43. The van der Waals surface area contributed by atoms with Crippen molar-refractivity contribution in [3.63, 3.8) is 0 Å². The van der Waals surface area contributed by atoms with Gasteiger partial charge in [-0.15, -0.1) is 0 Å². The van der Waals surface area contributed by atoms with E-state index < -0.39 is 0 Å². The molecular formula is C14H13NO4. The highest BCUT2D eigenvalue weighted by Crippen LogP contribution is 2.20. The molecule has 1 aliphatic rings. The van der Waals surface area contributed by atoms with Crippen LogP contribution in [0.25, 0.3) is 0 Å². The lowest BCUT2D eigenvalue weighted by atomic mass is 10.1. The van der Waals surface area contributed by atoms with Gasteiger partial charge in [0.05, 0.1) is 18.9 Å². The van der Waals surface area contributed by atoms with E-state index in [-0.39, 0.29) is 12.4 Å². The van der Waals surface area contributed by atoms with Crippen LogP contribution in [-0.2, 0) is 4.79 Å². The maximum absolute atomic E-state index is 11.2. The molecule has 1 aromatic rings. The zero-order chi connectivity index (χ0) is 13.7. The van der Waals surface area contributed by atoms with E-state index in [1.165, 1.54) is 25.4 Å². The molecular weight excluding hydrogens is 246 g/mol. The average molecular weight is 259 g/mol. The lowest BCUT2D eigenvalue weighted by Gasteiger charge is -2.11. The summed E-state index contributed by atoms with van der Waals surface area (Å²) in [4.78, 5) is 26.1. The van der Waals surface area contributed by atoms with Crippen LogP contribution < -0.4 is 9.47 Å². The Bertz CT molecular complexity index is 561. The molecule has 1 aliphatic carbocycles. The smallest absolute Gasteiger partial charge is 0.213 e. The molecule has 0 saturated carbocycles. The van der Waals surface area contributed by atoms with Crippen molar-refractivity contribution in [2.45, 2.75) is 6.42 Å². The van der Waals surface area contributed by atoms with Gasteiger partial charge in [0, 0.05) is 12.5 Å². The third kappa shape index (κ3) is 3.28. The fourth-order valence-electron chi connectivity index (χ4n) is 1.65. The maximum atomic E-state index is 11.2. The summed E-state index contributed by atoms with van der Waals surface area (Å²) >= 11 is 0. The summed E-state index contributed by atoms with van der Waals surface area (Å²) in [5, 5.41) is 0. The number of allylic oxidation sites excluding steroid dienone is 2. The zero-order valence-corrected chi connectivity index (χ0v) is 10.5. The van der Waals surface area contributed by atoms with E-state index >= 15 is 0 Å². The molecule has 5 nitrogen and oxygen atoms in total. The molecule has 1 heterocycles. The fraction of sp³-hybridized carbons (Fsp3) is 0.214. The van der Waals surface area contributed by atoms with Gasteiger partial charge in [-0.1, -0.05) is 12.2 Å². The molecule has 0 radical (unpaired) electrons. The van der Waals surface area contributed by atoms with Crippen LogP contribution in [0.1, 0.15) is 16.8 Å². The largest absolute Gasteiger partial charge is 0.487 e. The molecule has 0 bridgehead atoms. The number of ketones is 1. The second kappa shape index (κ2) is 5.95. The Kier molecular flexibility index (Phi) is 4.07. The number of aromatic nitrogens is 1. The normalized spacial score (nSPS) is 13.9. The van der Waals surface area contributed by atoms with Crippen LogP contribution in [0.4, 0.5) is 0 Å². The number of hydrogen-bond donors (Lipinski definition) is 0. The van der Waals surface area contributed by atoms with Crippen molar-refractivity contribution in [1.29, 1.82) is 0 Å². The number of pyridine rings is 1. The zero-order valence-electron chi connectivity index (χ0n) is 10.5.